The van der Waals surface area contributed by atoms with Gasteiger partial charge in [-0.15, -0.1) is 11.8 Å². The molecule has 3 aromatic rings. The van der Waals surface area contributed by atoms with E-state index in [-0.39, 0.29) is 18.4 Å². The number of esters is 1. The van der Waals surface area contributed by atoms with E-state index in [4.69, 9.17) is 16.3 Å². The molecule has 0 unspecified atom stereocenters. The summed E-state index contributed by atoms with van der Waals surface area (Å²) in [5.74, 6) is 0.0467. The molecule has 0 atom stereocenters. The second-order valence-electron chi connectivity index (χ2n) is 5.80. The van der Waals surface area contributed by atoms with Gasteiger partial charge < -0.3 is 9.30 Å². The third kappa shape index (κ3) is 5.47. The molecule has 3 rings (SSSR count). The van der Waals surface area contributed by atoms with Gasteiger partial charge in [0.1, 0.15) is 6.54 Å². The first-order valence-corrected chi connectivity index (χ1v) is 10.9. The fourth-order valence-corrected chi connectivity index (χ4v) is 4.74. The van der Waals surface area contributed by atoms with Crippen LogP contribution < -0.4 is 4.80 Å². The molecule has 2 aromatic carbocycles. The molecule has 0 N–H and O–H groups in total. The van der Waals surface area contributed by atoms with Gasteiger partial charge in [-0.05, 0) is 37.3 Å². The predicted molar refractivity (Wildman–Crippen MR) is 114 cm³/mol. The van der Waals surface area contributed by atoms with Crippen LogP contribution in [0.4, 0.5) is 0 Å². The van der Waals surface area contributed by atoms with Gasteiger partial charge in [-0.2, -0.15) is 4.99 Å². The number of halogens is 1. The van der Waals surface area contributed by atoms with Crippen LogP contribution in [0.5, 0.6) is 0 Å². The zero-order chi connectivity index (χ0) is 19.9. The molecule has 0 fully saturated rings. The molecule has 1 heterocycles. The number of carbonyl (C=O) groups excluding carboxylic acids is 2. The van der Waals surface area contributed by atoms with E-state index >= 15 is 0 Å². The Morgan fingerprint density at radius 2 is 2.00 bits per heavy atom. The van der Waals surface area contributed by atoms with Gasteiger partial charge in [-0.3, -0.25) is 9.59 Å². The highest BCUT2D eigenvalue weighted by Crippen LogP contribution is 2.22. The summed E-state index contributed by atoms with van der Waals surface area (Å²) in [5, 5.41) is 0.592. The van der Waals surface area contributed by atoms with Crippen LogP contribution in [0, 0.1) is 0 Å². The van der Waals surface area contributed by atoms with Crippen molar-refractivity contribution in [2.75, 3.05) is 12.4 Å². The number of hydrogen-bond acceptors (Lipinski definition) is 5. The Morgan fingerprint density at radius 3 is 2.75 bits per heavy atom. The maximum absolute atomic E-state index is 12.4. The fourth-order valence-electron chi connectivity index (χ4n) is 2.56. The predicted octanol–water partition coefficient (Wildman–Crippen LogP) is 4.53. The molecular formula is C20H19ClN2O3S2. The van der Waals surface area contributed by atoms with Gasteiger partial charge in [0.05, 0.1) is 16.8 Å². The second-order valence-corrected chi connectivity index (χ2v) is 8.42. The van der Waals surface area contributed by atoms with E-state index < -0.39 is 0 Å². The number of aromatic nitrogens is 1. The van der Waals surface area contributed by atoms with Gasteiger partial charge >= 0.3 is 5.97 Å². The minimum absolute atomic E-state index is 0.000348. The highest BCUT2D eigenvalue weighted by atomic mass is 35.5. The highest BCUT2D eigenvalue weighted by Gasteiger charge is 2.12. The molecule has 0 aliphatic heterocycles. The van der Waals surface area contributed by atoms with Gasteiger partial charge in [-0.25, -0.2) is 0 Å². The maximum atomic E-state index is 12.4. The van der Waals surface area contributed by atoms with Crippen molar-refractivity contribution in [3.8, 4) is 0 Å². The summed E-state index contributed by atoms with van der Waals surface area (Å²) in [6.07, 6.45) is 0.313. The van der Waals surface area contributed by atoms with E-state index in [1.807, 2.05) is 36.4 Å². The van der Waals surface area contributed by atoms with Gasteiger partial charge in [0.2, 0.25) is 5.91 Å². The third-order valence-corrected chi connectivity index (χ3v) is 6.08. The molecule has 0 saturated heterocycles. The first-order valence-electron chi connectivity index (χ1n) is 8.76. The Labute approximate surface area is 176 Å². The number of benzene rings is 2. The molecule has 0 radical (unpaired) electrons. The van der Waals surface area contributed by atoms with E-state index in [0.717, 1.165) is 15.1 Å². The first kappa shape index (κ1) is 20.6. The van der Waals surface area contributed by atoms with Crippen LogP contribution in [0.3, 0.4) is 0 Å². The standard InChI is InChI=1S/C20H19ClN2O3S2/c1-2-26-19(25)13-23-16-9-8-14(21)12-17(16)28-20(23)22-18(24)10-11-27-15-6-4-3-5-7-15/h3-9,12H,2,10-11,13H2,1H3. The summed E-state index contributed by atoms with van der Waals surface area (Å²) >= 11 is 9.02. The summed E-state index contributed by atoms with van der Waals surface area (Å²) in [5.41, 5.74) is 0.799. The lowest BCUT2D eigenvalue weighted by Crippen LogP contribution is -2.23. The summed E-state index contributed by atoms with van der Waals surface area (Å²) in [4.78, 5) is 30.2. The average molecular weight is 435 g/mol. The van der Waals surface area contributed by atoms with Crippen LogP contribution in [-0.4, -0.2) is 28.8 Å². The molecule has 0 aliphatic rings. The SMILES string of the molecule is CCOC(=O)Cn1c(=NC(=O)CCSc2ccccc2)sc2cc(Cl)ccc21. The van der Waals surface area contributed by atoms with Gasteiger partial charge in [0.25, 0.3) is 0 Å². The van der Waals surface area contributed by atoms with Crippen molar-refractivity contribution in [1.29, 1.82) is 0 Å². The Morgan fingerprint density at radius 1 is 1.21 bits per heavy atom. The Kier molecular flexibility index (Phi) is 7.30. The number of ether oxygens (including phenoxy) is 1. The third-order valence-electron chi connectivity index (χ3n) is 3.79. The molecule has 1 aromatic heterocycles. The van der Waals surface area contributed by atoms with E-state index in [1.165, 1.54) is 11.3 Å². The van der Waals surface area contributed by atoms with E-state index in [9.17, 15) is 9.59 Å². The van der Waals surface area contributed by atoms with Crippen LogP contribution in [0.2, 0.25) is 5.02 Å². The summed E-state index contributed by atoms with van der Waals surface area (Å²) in [7, 11) is 0. The second kappa shape index (κ2) is 9.91. The van der Waals surface area contributed by atoms with E-state index in [2.05, 4.69) is 4.99 Å². The maximum Gasteiger partial charge on any atom is 0.326 e. The quantitative estimate of drug-likeness (QED) is 0.405. The number of hydrogen-bond donors (Lipinski definition) is 0. The summed E-state index contributed by atoms with van der Waals surface area (Å²) < 4.78 is 7.62. The molecular weight excluding hydrogens is 416 g/mol. The van der Waals surface area contributed by atoms with Crippen molar-refractivity contribution in [2.45, 2.75) is 24.8 Å². The van der Waals surface area contributed by atoms with E-state index in [1.54, 1.807) is 35.4 Å². The zero-order valence-corrected chi connectivity index (χ0v) is 17.6. The molecule has 146 valence electrons. The Hall–Kier alpha value is -2.09. The average Bonchev–Trinajstić information content (AvgIpc) is 2.98. The largest absolute Gasteiger partial charge is 0.465 e. The van der Waals surface area contributed by atoms with Crippen LogP contribution in [0.1, 0.15) is 13.3 Å². The van der Waals surface area contributed by atoms with Crippen molar-refractivity contribution < 1.29 is 14.3 Å². The van der Waals surface area contributed by atoms with Crippen LogP contribution >= 0.6 is 34.7 Å². The van der Waals surface area contributed by atoms with Crippen molar-refractivity contribution >= 4 is 56.8 Å². The molecule has 0 saturated carbocycles. The summed E-state index contributed by atoms with van der Waals surface area (Å²) in [6, 6.07) is 15.3. The van der Waals surface area contributed by atoms with Crippen LogP contribution in [-0.2, 0) is 20.9 Å². The van der Waals surface area contributed by atoms with Gasteiger partial charge in [-0.1, -0.05) is 41.1 Å². The lowest BCUT2D eigenvalue weighted by atomic mass is 10.3. The minimum Gasteiger partial charge on any atom is -0.465 e. The number of amides is 1. The number of nitrogens with zero attached hydrogens (tertiary/aromatic N) is 2. The fraction of sp³-hybridized carbons (Fsp3) is 0.250. The number of carbonyl (C=O) groups is 2. The van der Waals surface area contributed by atoms with Crippen molar-refractivity contribution in [2.24, 2.45) is 4.99 Å². The summed E-state index contributed by atoms with van der Waals surface area (Å²) in [6.45, 7) is 2.06. The Balaban J connectivity index is 1.81. The Bertz CT molecular complexity index is 1040. The van der Waals surface area contributed by atoms with Crippen molar-refractivity contribution in [3.63, 3.8) is 0 Å². The lowest BCUT2D eigenvalue weighted by Gasteiger charge is -2.05. The topological polar surface area (TPSA) is 60.7 Å². The molecule has 0 bridgehead atoms. The number of fused-ring (bicyclic) bond motifs is 1. The number of thiazole rings is 1. The monoisotopic (exact) mass is 434 g/mol. The van der Waals surface area contributed by atoms with Crippen molar-refractivity contribution in [1.82, 2.24) is 4.57 Å². The highest BCUT2D eigenvalue weighted by molar-refractivity contribution is 7.99. The molecule has 0 aliphatic carbocycles. The molecule has 28 heavy (non-hydrogen) atoms. The minimum atomic E-state index is -0.370. The van der Waals surface area contributed by atoms with Crippen LogP contribution in [0.15, 0.2) is 58.4 Å². The van der Waals surface area contributed by atoms with Crippen molar-refractivity contribution in [3.05, 3.63) is 58.4 Å². The molecule has 8 heteroatoms. The van der Waals surface area contributed by atoms with E-state index in [0.29, 0.717) is 28.6 Å². The number of rotatable bonds is 7. The van der Waals surface area contributed by atoms with Gasteiger partial charge in [0, 0.05) is 22.1 Å². The lowest BCUT2D eigenvalue weighted by molar-refractivity contribution is -0.143. The molecule has 0 spiro atoms. The first-order chi connectivity index (χ1) is 13.6. The van der Waals surface area contributed by atoms with Gasteiger partial charge in [0.15, 0.2) is 4.80 Å². The molecule has 1 amide bonds. The number of thioether (sulfide) groups is 1. The zero-order valence-electron chi connectivity index (χ0n) is 15.3. The molecule has 5 nitrogen and oxygen atoms in total. The normalized spacial score (nSPS) is 11.7. The van der Waals surface area contributed by atoms with Crippen LogP contribution in [0.25, 0.3) is 10.2 Å². The smallest absolute Gasteiger partial charge is 0.326 e.